The molecule has 0 fully saturated rings. The molecule has 0 saturated heterocycles. The Morgan fingerprint density at radius 3 is 1.39 bits per heavy atom. The summed E-state index contributed by atoms with van der Waals surface area (Å²) in [7, 11) is -11.7. The van der Waals surface area contributed by atoms with E-state index in [0.29, 0.717) is 21.2 Å². The number of rotatable bonds is 16. The van der Waals surface area contributed by atoms with E-state index in [-0.39, 0.29) is 26.4 Å². The normalized spacial score (nSPS) is 13.6. The average Bonchev–Trinajstić information content (AvgIpc) is 2.97. The molecule has 0 amide bonds. The number of hydrogen-bond acceptors (Lipinski definition) is 7. The zero-order chi connectivity index (χ0) is 29.9. The van der Waals surface area contributed by atoms with Crippen molar-refractivity contribution >= 4 is 44.5 Å². The van der Waals surface area contributed by atoms with Crippen LogP contribution in [0.3, 0.4) is 0 Å². The van der Waals surface area contributed by atoms with Crippen molar-refractivity contribution in [3.8, 4) is 0 Å². The van der Waals surface area contributed by atoms with E-state index in [1.165, 1.54) is 6.08 Å². The second-order valence-corrected chi connectivity index (χ2v) is 16.9. The lowest BCUT2D eigenvalue weighted by atomic mass is 10.1. The van der Waals surface area contributed by atoms with Gasteiger partial charge in [0.05, 0.1) is 32.1 Å². The molecule has 1 atom stereocenters. The summed E-state index contributed by atoms with van der Waals surface area (Å²) < 4.78 is 66.5. The summed E-state index contributed by atoms with van der Waals surface area (Å²) in [5, 5.41) is 0.196. The number of hydrogen-bond donors (Lipinski definition) is 0. The molecule has 11 heteroatoms. The van der Waals surface area contributed by atoms with E-state index < -0.39 is 33.4 Å². The Bertz CT molecular complexity index is 1320. The first-order chi connectivity index (χ1) is 19.7. The maximum absolute atomic E-state index is 15.5. The molecule has 0 bridgehead atoms. The largest absolute Gasteiger partial charge is 0.349 e. The summed E-state index contributed by atoms with van der Waals surface area (Å²) in [4.78, 5) is 0. The molecule has 0 N–H and O–H groups in total. The molecule has 3 rings (SSSR count). The van der Waals surface area contributed by atoms with Gasteiger partial charge in [0.15, 0.2) is 12.5 Å². The molecule has 0 aromatic heterocycles. The molecule has 0 aliphatic carbocycles. The molecule has 0 heterocycles. The maximum Gasteiger partial charge on any atom is 0.349 e. The monoisotopic (exact) mass is 638 g/mol. The molecule has 0 radical (unpaired) electrons. The van der Waals surface area contributed by atoms with Crippen LogP contribution in [0.2, 0.25) is 5.02 Å². The van der Waals surface area contributed by atoms with Gasteiger partial charge in [-0.15, -0.1) is 0 Å². The highest BCUT2D eigenvalue weighted by Crippen LogP contribution is 2.71. The standard InChI is InChI=1S/C30H38ClO7P3/c1-5-35-40(33,36-6-2)30(41(34,37-7-3)38-8-4)24-23-29(27-21-15-16-22-28(27)31)39(32,25-17-11-9-12-18-25)26-19-13-10-14-20-26/h9-24,29-30H,5-8H2,1-4H3/b24-23+. The van der Waals surface area contributed by atoms with Gasteiger partial charge >= 0.3 is 15.2 Å². The van der Waals surface area contributed by atoms with Crippen LogP contribution in [-0.4, -0.2) is 31.8 Å². The summed E-state index contributed by atoms with van der Waals surface area (Å²) in [5.41, 5.74) is -0.248. The van der Waals surface area contributed by atoms with Gasteiger partial charge in [0, 0.05) is 15.6 Å². The van der Waals surface area contributed by atoms with Crippen molar-refractivity contribution in [3.63, 3.8) is 0 Å². The molecular formula is C30H38ClO7P3. The molecule has 41 heavy (non-hydrogen) atoms. The molecule has 3 aromatic carbocycles. The van der Waals surface area contributed by atoms with Gasteiger partial charge in [0.1, 0.15) is 0 Å². The third kappa shape index (κ3) is 7.79. The smallest absolute Gasteiger partial charge is 0.313 e. The molecule has 0 spiro atoms. The van der Waals surface area contributed by atoms with E-state index in [4.69, 9.17) is 29.7 Å². The topological polar surface area (TPSA) is 88.1 Å². The summed E-state index contributed by atoms with van der Waals surface area (Å²) in [6.07, 6.45) is 3.10. The van der Waals surface area contributed by atoms with Crippen LogP contribution >= 0.6 is 33.9 Å². The van der Waals surface area contributed by atoms with E-state index in [9.17, 15) is 9.13 Å². The fraction of sp³-hybridized carbons (Fsp3) is 0.333. The van der Waals surface area contributed by atoms with Gasteiger partial charge in [-0.2, -0.15) is 0 Å². The fourth-order valence-corrected chi connectivity index (χ4v) is 13.1. The van der Waals surface area contributed by atoms with Crippen molar-refractivity contribution in [2.24, 2.45) is 0 Å². The lowest BCUT2D eigenvalue weighted by Crippen LogP contribution is -2.21. The number of benzene rings is 3. The van der Waals surface area contributed by atoms with Crippen LogP contribution in [0.1, 0.15) is 38.9 Å². The van der Waals surface area contributed by atoms with Crippen molar-refractivity contribution in [2.75, 3.05) is 26.4 Å². The molecular weight excluding hydrogens is 601 g/mol. The first-order valence-corrected chi connectivity index (χ1v) is 19.0. The highest BCUT2D eigenvalue weighted by Gasteiger charge is 2.50. The lowest BCUT2D eigenvalue weighted by molar-refractivity contribution is 0.200. The second-order valence-electron chi connectivity index (χ2n) is 8.84. The van der Waals surface area contributed by atoms with Gasteiger partial charge in [-0.1, -0.05) is 103 Å². The van der Waals surface area contributed by atoms with Crippen molar-refractivity contribution < 1.29 is 31.8 Å². The summed E-state index contributed by atoms with van der Waals surface area (Å²) in [5.74, 6) is 0. The minimum Gasteiger partial charge on any atom is -0.313 e. The first-order valence-electron chi connectivity index (χ1n) is 13.6. The molecule has 7 nitrogen and oxygen atoms in total. The first kappa shape index (κ1) is 33.7. The van der Waals surface area contributed by atoms with Crippen molar-refractivity contribution in [2.45, 2.75) is 38.8 Å². The molecule has 0 saturated carbocycles. The zero-order valence-corrected chi connectivity index (χ0v) is 27.2. The van der Waals surface area contributed by atoms with Crippen molar-refractivity contribution in [1.82, 2.24) is 0 Å². The Balaban J connectivity index is 2.36. The Labute approximate surface area is 248 Å². The third-order valence-electron chi connectivity index (χ3n) is 6.24. The van der Waals surface area contributed by atoms with Gasteiger partial charge in [0.25, 0.3) is 0 Å². The predicted octanol–water partition coefficient (Wildman–Crippen LogP) is 8.81. The SMILES string of the molecule is CCOP(=O)(OCC)C(/C=C/C(c1ccccc1Cl)P(=O)(c1ccccc1)c1ccccc1)P(=O)(OCC)OCC. The molecule has 1 unspecified atom stereocenters. The van der Waals surface area contributed by atoms with Crippen molar-refractivity contribution in [3.05, 3.63) is 108 Å². The quantitative estimate of drug-likeness (QED) is 0.114. The third-order valence-corrected chi connectivity index (χ3v) is 15.8. The zero-order valence-electron chi connectivity index (χ0n) is 23.8. The predicted molar refractivity (Wildman–Crippen MR) is 169 cm³/mol. The van der Waals surface area contributed by atoms with E-state index in [0.717, 1.165) is 0 Å². The maximum atomic E-state index is 15.5. The van der Waals surface area contributed by atoms with Crippen LogP contribution < -0.4 is 10.6 Å². The van der Waals surface area contributed by atoms with E-state index in [1.807, 2.05) is 66.7 Å². The molecule has 0 aliphatic rings. The van der Waals surface area contributed by atoms with Crippen molar-refractivity contribution in [1.29, 1.82) is 0 Å². The van der Waals surface area contributed by atoms with Crippen LogP contribution in [0.5, 0.6) is 0 Å². The van der Waals surface area contributed by atoms with E-state index >= 15 is 4.57 Å². The number of allylic oxidation sites excluding steroid dienone is 2. The Hall–Kier alpha value is -1.78. The molecule has 222 valence electrons. The highest BCUT2D eigenvalue weighted by molar-refractivity contribution is 7.79. The second kappa shape index (κ2) is 15.6. The number of halogens is 1. The van der Waals surface area contributed by atoms with Crippen LogP contribution in [0.25, 0.3) is 0 Å². The molecule has 3 aromatic rings. The Morgan fingerprint density at radius 1 is 0.610 bits per heavy atom. The van der Waals surface area contributed by atoms with Gasteiger partial charge in [0.2, 0.25) is 0 Å². The fourth-order valence-electron chi connectivity index (χ4n) is 4.59. The van der Waals surface area contributed by atoms with Gasteiger partial charge < -0.3 is 22.7 Å². The highest BCUT2D eigenvalue weighted by atomic mass is 35.5. The summed E-state index contributed by atoms with van der Waals surface area (Å²) >= 11 is 6.73. The lowest BCUT2D eigenvalue weighted by Gasteiger charge is -2.31. The summed E-state index contributed by atoms with van der Waals surface area (Å²) in [6.45, 7) is 6.85. The minimum atomic E-state index is -4.09. The average molecular weight is 639 g/mol. The Kier molecular flexibility index (Phi) is 12.8. The Morgan fingerprint density at radius 2 is 1.00 bits per heavy atom. The van der Waals surface area contributed by atoms with E-state index in [1.54, 1.807) is 52.0 Å². The van der Waals surface area contributed by atoms with Crippen LogP contribution in [-0.2, 0) is 31.8 Å². The van der Waals surface area contributed by atoms with Gasteiger partial charge in [-0.25, -0.2) is 0 Å². The van der Waals surface area contributed by atoms with Gasteiger partial charge in [-0.3, -0.25) is 9.13 Å². The molecule has 0 aliphatic heterocycles. The van der Waals surface area contributed by atoms with E-state index in [2.05, 4.69) is 0 Å². The van der Waals surface area contributed by atoms with Crippen LogP contribution in [0.4, 0.5) is 0 Å². The van der Waals surface area contributed by atoms with Crippen LogP contribution in [0, 0.1) is 0 Å². The summed E-state index contributed by atoms with van der Waals surface area (Å²) in [6, 6.07) is 25.5. The van der Waals surface area contributed by atoms with Gasteiger partial charge in [-0.05, 0) is 39.3 Å². The minimum absolute atomic E-state index is 0.0420. The van der Waals surface area contributed by atoms with Crippen LogP contribution in [0.15, 0.2) is 97.1 Å².